The third kappa shape index (κ3) is 4.79. The van der Waals surface area contributed by atoms with Crippen molar-refractivity contribution >= 4 is 11.7 Å². The summed E-state index contributed by atoms with van der Waals surface area (Å²) in [5, 5.41) is 3.91. The quantitative estimate of drug-likeness (QED) is 0.496. The Labute approximate surface area is 190 Å². The zero-order valence-electron chi connectivity index (χ0n) is 18.4. The third-order valence-electron chi connectivity index (χ3n) is 6.02. The summed E-state index contributed by atoms with van der Waals surface area (Å²) < 4.78 is 38.5. The number of ether oxygens (including phenoxy) is 1. The van der Waals surface area contributed by atoms with E-state index in [1.807, 2.05) is 6.92 Å². The number of piperidine rings is 1. The third-order valence-corrected chi connectivity index (χ3v) is 6.02. The number of rotatable bonds is 6. The molecular formula is C25H24F2N2O4. The molecule has 1 aliphatic rings. The number of nitrogens with zero attached hydrogens (tertiary/aromatic N) is 2. The summed E-state index contributed by atoms with van der Waals surface area (Å²) in [5.74, 6) is -1.36. The highest BCUT2D eigenvalue weighted by atomic mass is 19.1. The standard InChI is InChI=1S/C25H24F2N2O4/c1-15-21(16(2)33-28-15)14-32-23-6-4-3-5-19(23)25(31)29-11-9-17(10-12-29)24(30)20-13-18(26)7-8-22(20)27/h3-8,13,17H,9-12,14H2,1-2H3. The first-order valence-corrected chi connectivity index (χ1v) is 10.8. The van der Waals surface area contributed by atoms with Crippen molar-refractivity contribution in [1.82, 2.24) is 10.1 Å². The highest BCUT2D eigenvalue weighted by Gasteiger charge is 2.30. The number of Topliss-reactive ketones (excluding diaryl/α,β-unsaturated/α-hetero) is 1. The fourth-order valence-electron chi connectivity index (χ4n) is 4.05. The normalized spacial score (nSPS) is 14.4. The van der Waals surface area contributed by atoms with E-state index in [9.17, 15) is 18.4 Å². The summed E-state index contributed by atoms with van der Waals surface area (Å²) in [6.07, 6.45) is 0.755. The van der Waals surface area contributed by atoms with Crippen molar-refractivity contribution in [2.24, 2.45) is 5.92 Å². The minimum atomic E-state index is -0.732. The molecular weight excluding hydrogens is 430 g/mol. The van der Waals surface area contributed by atoms with Crippen LogP contribution in [0, 0.1) is 31.4 Å². The van der Waals surface area contributed by atoms with E-state index in [0.717, 1.165) is 29.5 Å². The minimum absolute atomic E-state index is 0.202. The van der Waals surface area contributed by atoms with Gasteiger partial charge >= 0.3 is 0 Å². The SMILES string of the molecule is Cc1noc(C)c1COc1ccccc1C(=O)N1CCC(C(=O)c2cc(F)ccc2F)CC1. The maximum Gasteiger partial charge on any atom is 0.257 e. The van der Waals surface area contributed by atoms with E-state index < -0.39 is 23.3 Å². The van der Waals surface area contributed by atoms with Gasteiger partial charge in [-0.15, -0.1) is 0 Å². The molecule has 0 radical (unpaired) electrons. The Balaban J connectivity index is 1.42. The summed E-state index contributed by atoms with van der Waals surface area (Å²) in [7, 11) is 0. The monoisotopic (exact) mass is 454 g/mol. The molecule has 0 spiro atoms. The number of ketones is 1. The second kappa shape index (κ2) is 9.52. The number of hydrogen-bond acceptors (Lipinski definition) is 5. The van der Waals surface area contributed by atoms with Gasteiger partial charge < -0.3 is 14.2 Å². The van der Waals surface area contributed by atoms with Crippen LogP contribution in [-0.4, -0.2) is 34.8 Å². The predicted octanol–water partition coefficient (Wildman–Crippen LogP) is 4.88. The van der Waals surface area contributed by atoms with Crippen molar-refractivity contribution in [1.29, 1.82) is 0 Å². The number of carbonyl (C=O) groups is 2. The van der Waals surface area contributed by atoms with Crippen molar-refractivity contribution in [2.45, 2.75) is 33.3 Å². The summed E-state index contributed by atoms with van der Waals surface area (Å²) in [5.41, 5.74) is 1.75. The summed E-state index contributed by atoms with van der Waals surface area (Å²) in [4.78, 5) is 27.5. The van der Waals surface area contributed by atoms with E-state index in [1.54, 1.807) is 36.1 Å². The van der Waals surface area contributed by atoms with Gasteiger partial charge in [0.05, 0.1) is 22.4 Å². The molecule has 4 rings (SSSR count). The summed E-state index contributed by atoms with van der Waals surface area (Å²) in [6.45, 7) is 4.53. The zero-order chi connectivity index (χ0) is 23.5. The Morgan fingerprint density at radius 1 is 1.09 bits per heavy atom. The lowest BCUT2D eigenvalue weighted by Crippen LogP contribution is -2.40. The van der Waals surface area contributed by atoms with Crippen LogP contribution in [0.2, 0.25) is 0 Å². The van der Waals surface area contributed by atoms with Gasteiger partial charge in [0.2, 0.25) is 0 Å². The van der Waals surface area contributed by atoms with E-state index in [0.29, 0.717) is 43.0 Å². The smallest absolute Gasteiger partial charge is 0.257 e. The first-order chi connectivity index (χ1) is 15.8. The Morgan fingerprint density at radius 3 is 2.52 bits per heavy atom. The highest BCUT2D eigenvalue weighted by molar-refractivity contribution is 5.99. The van der Waals surface area contributed by atoms with E-state index in [-0.39, 0.29) is 18.1 Å². The van der Waals surface area contributed by atoms with Crippen LogP contribution in [0.1, 0.15) is 50.6 Å². The lowest BCUT2D eigenvalue weighted by atomic mass is 9.88. The molecule has 172 valence electrons. The maximum absolute atomic E-state index is 14.0. The number of likely N-dealkylation sites (tertiary alicyclic amines) is 1. The molecule has 3 aromatic rings. The highest BCUT2D eigenvalue weighted by Crippen LogP contribution is 2.27. The molecule has 1 saturated heterocycles. The van der Waals surface area contributed by atoms with Crippen LogP contribution < -0.4 is 4.74 Å². The number of aryl methyl sites for hydroxylation is 2. The van der Waals surface area contributed by atoms with Gasteiger partial charge in [0.25, 0.3) is 5.91 Å². The number of carbonyl (C=O) groups excluding carboxylic acids is 2. The van der Waals surface area contributed by atoms with Gasteiger partial charge in [0.1, 0.15) is 29.8 Å². The van der Waals surface area contributed by atoms with E-state index >= 15 is 0 Å². The second-order valence-electron chi connectivity index (χ2n) is 8.14. The van der Waals surface area contributed by atoms with Gasteiger partial charge in [-0.05, 0) is 57.0 Å². The topological polar surface area (TPSA) is 72.6 Å². The molecule has 6 nitrogen and oxygen atoms in total. The molecule has 1 aromatic heterocycles. The number of benzene rings is 2. The Bertz CT molecular complexity index is 1160. The van der Waals surface area contributed by atoms with Crippen LogP contribution >= 0.6 is 0 Å². The van der Waals surface area contributed by atoms with E-state index in [1.165, 1.54) is 0 Å². The number of amides is 1. The van der Waals surface area contributed by atoms with Gasteiger partial charge in [-0.1, -0.05) is 17.3 Å². The molecule has 0 saturated carbocycles. The molecule has 2 heterocycles. The molecule has 0 aliphatic carbocycles. The summed E-state index contributed by atoms with van der Waals surface area (Å²) in [6, 6.07) is 9.86. The molecule has 33 heavy (non-hydrogen) atoms. The maximum atomic E-state index is 14.0. The average Bonchev–Trinajstić information content (AvgIpc) is 3.15. The van der Waals surface area contributed by atoms with Crippen LogP contribution in [-0.2, 0) is 6.61 Å². The lowest BCUT2D eigenvalue weighted by molar-refractivity contribution is 0.0645. The largest absolute Gasteiger partial charge is 0.488 e. The van der Waals surface area contributed by atoms with Gasteiger partial charge in [-0.3, -0.25) is 9.59 Å². The van der Waals surface area contributed by atoms with E-state index in [2.05, 4.69) is 5.16 Å². The molecule has 0 N–H and O–H groups in total. The molecule has 0 bridgehead atoms. The minimum Gasteiger partial charge on any atom is -0.488 e. The van der Waals surface area contributed by atoms with Crippen molar-refractivity contribution in [3.05, 3.63) is 82.2 Å². The van der Waals surface area contributed by atoms with Crippen molar-refractivity contribution < 1.29 is 27.6 Å². The molecule has 1 fully saturated rings. The molecule has 1 amide bonds. The number of halogens is 2. The van der Waals surface area contributed by atoms with Crippen LogP contribution in [0.3, 0.4) is 0 Å². The van der Waals surface area contributed by atoms with Crippen LogP contribution in [0.4, 0.5) is 8.78 Å². The van der Waals surface area contributed by atoms with Crippen LogP contribution in [0.15, 0.2) is 47.0 Å². The number of hydrogen-bond donors (Lipinski definition) is 0. The Kier molecular flexibility index (Phi) is 6.53. The first-order valence-electron chi connectivity index (χ1n) is 10.8. The van der Waals surface area contributed by atoms with Crippen LogP contribution in [0.5, 0.6) is 5.75 Å². The predicted molar refractivity (Wildman–Crippen MR) is 116 cm³/mol. The van der Waals surface area contributed by atoms with Crippen molar-refractivity contribution in [3.8, 4) is 5.75 Å². The van der Waals surface area contributed by atoms with Crippen molar-refractivity contribution in [2.75, 3.05) is 13.1 Å². The fraction of sp³-hybridized carbons (Fsp3) is 0.320. The van der Waals surface area contributed by atoms with Gasteiger partial charge in [-0.2, -0.15) is 0 Å². The molecule has 1 aliphatic heterocycles. The number of para-hydroxylation sites is 1. The number of aromatic nitrogens is 1. The fourth-order valence-corrected chi connectivity index (χ4v) is 4.05. The lowest BCUT2D eigenvalue weighted by Gasteiger charge is -2.31. The van der Waals surface area contributed by atoms with E-state index in [4.69, 9.17) is 9.26 Å². The van der Waals surface area contributed by atoms with Crippen molar-refractivity contribution in [3.63, 3.8) is 0 Å². The van der Waals surface area contributed by atoms with Gasteiger partial charge in [0.15, 0.2) is 5.78 Å². The molecule has 0 atom stereocenters. The molecule has 0 unspecified atom stereocenters. The Morgan fingerprint density at radius 2 is 1.82 bits per heavy atom. The molecule has 2 aromatic carbocycles. The Hall–Kier alpha value is -3.55. The van der Waals surface area contributed by atoms with Gasteiger partial charge in [0, 0.05) is 19.0 Å². The second-order valence-corrected chi connectivity index (χ2v) is 8.14. The van der Waals surface area contributed by atoms with Gasteiger partial charge in [-0.25, -0.2) is 8.78 Å². The van der Waals surface area contributed by atoms with Crippen LogP contribution in [0.25, 0.3) is 0 Å². The zero-order valence-corrected chi connectivity index (χ0v) is 18.4. The first kappa shape index (κ1) is 22.6. The molecule has 8 heteroatoms. The average molecular weight is 454 g/mol. The summed E-state index contributed by atoms with van der Waals surface area (Å²) >= 11 is 0.